The first-order chi connectivity index (χ1) is 20.7. The largest absolute Gasteiger partial charge is 0.383 e. The molecule has 12 heteroatoms. The van der Waals surface area contributed by atoms with Gasteiger partial charge in [-0.05, 0) is 43.7 Å². The number of hydroxylamine groups is 2. The van der Waals surface area contributed by atoms with Crippen LogP contribution in [0.1, 0.15) is 18.1 Å². The number of para-hydroxylation sites is 1. The summed E-state index contributed by atoms with van der Waals surface area (Å²) in [6.07, 6.45) is 6.28. The van der Waals surface area contributed by atoms with Crippen molar-refractivity contribution < 1.29 is 22.8 Å². The Morgan fingerprint density at radius 2 is 1.95 bits per heavy atom. The van der Waals surface area contributed by atoms with Gasteiger partial charge in [-0.1, -0.05) is 49.1 Å². The molecule has 0 aliphatic carbocycles. The van der Waals surface area contributed by atoms with Crippen LogP contribution in [-0.2, 0) is 30.1 Å². The highest BCUT2D eigenvalue weighted by molar-refractivity contribution is 7.92. The number of fused-ring (bicyclic) bond motifs is 1. The third-order valence-electron chi connectivity index (χ3n) is 6.87. The molecule has 0 radical (unpaired) electrons. The molecule has 1 saturated heterocycles. The molecule has 0 unspecified atom stereocenters. The highest BCUT2D eigenvalue weighted by Crippen LogP contribution is 2.37. The normalized spacial score (nSPS) is 17.0. The summed E-state index contributed by atoms with van der Waals surface area (Å²) in [4.78, 5) is 15.3. The predicted octanol–water partition coefficient (Wildman–Crippen LogP) is 3.91. The Bertz CT molecular complexity index is 1490. The standard InChI is InChI=1S/C19H20N4O2S.C7H14N2O3.C5H8/c1-13-18(21-23(19(13)20-2)16-7-5-4-6-8-16)14-9-10-17-15(11-14)12-26(24,25)22(17)3;1-11-3-2-9-4-7(5-12-9)8-6-10;1-3-5-4-2/h4-11,20H,12H2,1-3H3;6-7H,2-5H2,1H3,(H,8,10);3-5H,1H2,2H3/b;;5-4-/t;7-;/m.1./s1. The van der Waals surface area contributed by atoms with Gasteiger partial charge in [0.05, 0.1) is 42.1 Å². The molecule has 3 heterocycles. The van der Waals surface area contributed by atoms with E-state index in [1.807, 2.05) is 86.3 Å². The highest BCUT2D eigenvalue weighted by Gasteiger charge is 2.30. The van der Waals surface area contributed by atoms with Crippen molar-refractivity contribution in [1.82, 2.24) is 20.2 Å². The van der Waals surface area contributed by atoms with E-state index in [-0.39, 0.29) is 11.8 Å². The molecule has 1 amide bonds. The Morgan fingerprint density at radius 1 is 1.21 bits per heavy atom. The number of nitrogens with one attached hydrogen (secondary N) is 2. The summed E-state index contributed by atoms with van der Waals surface area (Å²) in [6.45, 7) is 10.1. The van der Waals surface area contributed by atoms with Gasteiger partial charge in [-0.3, -0.25) is 13.9 Å². The van der Waals surface area contributed by atoms with Gasteiger partial charge in [0, 0.05) is 45.4 Å². The number of ether oxygens (including phenoxy) is 1. The maximum atomic E-state index is 12.1. The van der Waals surface area contributed by atoms with Gasteiger partial charge >= 0.3 is 0 Å². The molecule has 0 bridgehead atoms. The van der Waals surface area contributed by atoms with Gasteiger partial charge in [-0.2, -0.15) is 10.2 Å². The van der Waals surface area contributed by atoms with Crippen molar-refractivity contribution in [1.29, 1.82) is 0 Å². The molecule has 11 nitrogen and oxygen atoms in total. The number of hydrogen-bond donors (Lipinski definition) is 2. The summed E-state index contributed by atoms with van der Waals surface area (Å²) < 4.78 is 32.3. The Kier molecular flexibility index (Phi) is 12.5. The molecular weight excluding hydrogens is 568 g/mol. The third kappa shape index (κ3) is 8.54. The topological polar surface area (TPSA) is 118 Å². The van der Waals surface area contributed by atoms with Crippen LogP contribution in [0.3, 0.4) is 0 Å². The van der Waals surface area contributed by atoms with E-state index in [1.54, 1.807) is 25.3 Å². The van der Waals surface area contributed by atoms with Crippen LogP contribution in [0, 0.1) is 6.92 Å². The molecule has 2 aliphatic heterocycles. The second-order valence-corrected chi connectivity index (χ2v) is 11.8. The van der Waals surface area contributed by atoms with Gasteiger partial charge in [0.25, 0.3) is 0 Å². The summed E-state index contributed by atoms with van der Waals surface area (Å²) in [5.41, 5.74) is 5.29. The number of amides is 1. The summed E-state index contributed by atoms with van der Waals surface area (Å²) >= 11 is 0. The number of methoxy groups -OCH3 is 1. The zero-order valence-electron chi connectivity index (χ0n) is 25.5. The maximum Gasteiger partial charge on any atom is 0.239 e. The van der Waals surface area contributed by atoms with Gasteiger partial charge in [0.15, 0.2) is 0 Å². The molecule has 1 aromatic heterocycles. The number of rotatable bonds is 9. The summed E-state index contributed by atoms with van der Waals surface area (Å²) in [5.74, 6) is 0.945. The van der Waals surface area contributed by atoms with Crippen molar-refractivity contribution in [2.45, 2.75) is 25.6 Å². The molecule has 2 aliphatic rings. The number of hydrogen-bond acceptors (Lipinski definition) is 8. The lowest BCUT2D eigenvalue weighted by atomic mass is 10.0. The minimum Gasteiger partial charge on any atom is -0.383 e. The van der Waals surface area contributed by atoms with E-state index < -0.39 is 10.0 Å². The molecule has 43 heavy (non-hydrogen) atoms. The Morgan fingerprint density at radius 3 is 2.56 bits per heavy atom. The van der Waals surface area contributed by atoms with Crippen LogP contribution in [0.5, 0.6) is 0 Å². The zero-order chi connectivity index (χ0) is 31.4. The van der Waals surface area contributed by atoms with Crippen molar-refractivity contribution in [2.75, 3.05) is 57.1 Å². The van der Waals surface area contributed by atoms with Gasteiger partial charge in [0.2, 0.25) is 16.4 Å². The van der Waals surface area contributed by atoms with Crippen LogP contribution in [0.15, 0.2) is 73.3 Å². The van der Waals surface area contributed by atoms with Crippen LogP contribution >= 0.6 is 0 Å². The van der Waals surface area contributed by atoms with Gasteiger partial charge < -0.3 is 15.4 Å². The van der Waals surface area contributed by atoms with Gasteiger partial charge in [-0.25, -0.2) is 13.1 Å². The Balaban J connectivity index is 0.000000247. The molecule has 1 fully saturated rings. The zero-order valence-corrected chi connectivity index (χ0v) is 26.3. The van der Waals surface area contributed by atoms with E-state index in [0.717, 1.165) is 52.7 Å². The van der Waals surface area contributed by atoms with Crippen LogP contribution in [-0.4, -0.2) is 83.2 Å². The molecule has 2 N–H and O–H groups in total. The lowest BCUT2D eigenvalue weighted by Crippen LogP contribution is -2.33. The summed E-state index contributed by atoms with van der Waals surface area (Å²) in [5, 5.41) is 12.5. The van der Waals surface area contributed by atoms with E-state index in [1.165, 1.54) is 4.31 Å². The van der Waals surface area contributed by atoms with E-state index >= 15 is 0 Å². The first-order valence-electron chi connectivity index (χ1n) is 13.9. The van der Waals surface area contributed by atoms with Crippen LogP contribution < -0.4 is 14.9 Å². The minimum absolute atomic E-state index is 0.0317. The van der Waals surface area contributed by atoms with E-state index in [4.69, 9.17) is 14.7 Å². The molecule has 3 aromatic rings. The number of aromatic nitrogens is 2. The van der Waals surface area contributed by atoms with Crippen molar-refractivity contribution in [3.63, 3.8) is 0 Å². The van der Waals surface area contributed by atoms with E-state index in [9.17, 15) is 13.2 Å². The van der Waals surface area contributed by atoms with Crippen LogP contribution in [0.2, 0.25) is 0 Å². The molecule has 232 valence electrons. The Labute approximate surface area is 254 Å². The average molecular weight is 611 g/mol. The SMILES string of the molecule is C=C/C=C\C.CNc1c(C)c(-c2ccc3c(c2)CS(=O)(=O)N3C)nn1-c1ccccc1.COCCN1C[C@@H](NC=O)CO1. The van der Waals surface area contributed by atoms with Gasteiger partial charge in [0.1, 0.15) is 5.82 Å². The number of benzene rings is 2. The quantitative estimate of drug-likeness (QED) is 0.277. The summed E-state index contributed by atoms with van der Waals surface area (Å²) in [7, 11) is 1.87. The summed E-state index contributed by atoms with van der Waals surface area (Å²) in [6, 6.07) is 15.8. The number of allylic oxidation sites excluding steroid dienone is 3. The molecule has 1 atom stereocenters. The Hall–Kier alpha value is -3.97. The number of sulfonamides is 1. The molecule has 0 saturated carbocycles. The fourth-order valence-electron chi connectivity index (χ4n) is 4.65. The fraction of sp³-hybridized carbons (Fsp3) is 0.355. The molecule has 5 rings (SSSR count). The number of carbonyl (C=O) groups excluding carboxylic acids is 1. The highest BCUT2D eigenvalue weighted by atomic mass is 32.2. The fourth-order valence-corrected chi connectivity index (χ4v) is 5.94. The monoisotopic (exact) mass is 610 g/mol. The number of nitrogens with zero attached hydrogens (tertiary/aromatic N) is 4. The first kappa shape index (κ1) is 33.5. The van der Waals surface area contributed by atoms with Crippen LogP contribution in [0.4, 0.5) is 11.5 Å². The van der Waals surface area contributed by atoms with Gasteiger partial charge in [-0.15, -0.1) is 0 Å². The number of carbonyl (C=O) groups is 1. The van der Waals surface area contributed by atoms with Crippen LogP contribution in [0.25, 0.3) is 16.9 Å². The lowest BCUT2D eigenvalue weighted by molar-refractivity contribution is -0.118. The second kappa shape index (κ2) is 16.0. The molecular formula is C31H42N6O5S. The second-order valence-electron chi connectivity index (χ2n) is 9.81. The van der Waals surface area contributed by atoms with Crippen molar-refractivity contribution in [3.05, 3.63) is 84.5 Å². The molecule has 0 spiro atoms. The van der Waals surface area contributed by atoms with E-state index in [0.29, 0.717) is 19.6 Å². The predicted molar refractivity (Wildman–Crippen MR) is 172 cm³/mol. The molecule has 2 aromatic carbocycles. The first-order valence-corrected chi connectivity index (χ1v) is 15.5. The third-order valence-corrected chi connectivity index (χ3v) is 8.57. The van der Waals surface area contributed by atoms with Crippen molar-refractivity contribution >= 4 is 27.9 Å². The maximum absolute atomic E-state index is 12.1. The number of anilines is 2. The average Bonchev–Trinajstić information content (AvgIpc) is 3.66. The van der Waals surface area contributed by atoms with Crippen molar-refractivity contribution in [2.24, 2.45) is 0 Å². The van der Waals surface area contributed by atoms with E-state index in [2.05, 4.69) is 17.2 Å². The van der Waals surface area contributed by atoms with Crippen molar-refractivity contribution in [3.8, 4) is 16.9 Å². The lowest BCUT2D eigenvalue weighted by Gasteiger charge is -2.12. The smallest absolute Gasteiger partial charge is 0.239 e. The minimum atomic E-state index is -3.25.